The molecule has 14 heavy (non-hydrogen) atoms. The first-order chi connectivity index (χ1) is 6.66. The first kappa shape index (κ1) is 9.20. The van der Waals surface area contributed by atoms with E-state index in [1.54, 1.807) is 6.07 Å². The lowest BCUT2D eigenvalue weighted by Crippen LogP contribution is -1.86. The minimum Gasteiger partial charge on any atom is -0.207 e. The molecule has 1 heteroatoms. The molecule has 2 aromatic carbocycles. The molecule has 0 fully saturated rings. The lowest BCUT2D eigenvalue weighted by molar-refractivity contribution is 0.629. The molecular formula is C13H15F. The van der Waals surface area contributed by atoms with Gasteiger partial charge in [0.1, 0.15) is 5.82 Å². The molecule has 0 heterocycles. The second kappa shape index (κ2) is 3.41. The van der Waals surface area contributed by atoms with E-state index in [9.17, 15) is 4.39 Å². The van der Waals surface area contributed by atoms with Crippen molar-refractivity contribution in [3.8, 4) is 0 Å². The van der Waals surface area contributed by atoms with Crippen LogP contribution in [0.2, 0.25) is 0 Å². The van der Waals surface area contributed by atoms with Crippen LogP contribution in [0.3, 0.4) is 0 Å². The molecule has 0 bridgehead atoms. The maximum atomic E-state index is 13.0. The summed E-state index contributed by atoms with van der Waals surface area (Å²) >= 11 is 0. The summed E-state index contributed by atoms with van der Waals surface area (Å²) < 4.78 is 13.0. The average Bonchev–Trinajstić information content (AvgIpc) is 2.16. The fraction of sp³-hybridized carbons (Fsp3) is 0.231. The normalized spacial score (nSPS) is 11.1. The van der Waals surface area contributed by atoms with Crippen LogP contribution in [-0.4, -0.2) is 0 Å². The molecule has 0 spiro atoms. The quantitative estimate of drug-likeness (QED) is 0.627. The van der Waals surface area contributed by atoms with Gasteiger partial charge in [0, 0.05) is 1.43 Å². The van der Waals surface area contributed by atoms with Crippen molar-refractivity contribution in [3.63, 3.8) is 0 Å². The van der Waals surface area contributed by atoms with Crippen LogP contribution in [0.25, 0.3) is 10.8 Å². The number of hydrogen-bond acceptors (Lipinski definition) is 0. The van der Waals surface area contributed by atoms with Crippen molar-refractivity contribution in [1.29, 1.82) is 0 Å². The van der Waals surface area contributed by atoms with Gasteiger partial charge in [0.05, 0.1) is 0 Å². The van der Waals surface area contributed by atoms with Crippen LogP contribution in [0.4, 0.5) is 4.39 Å². The van der Waals surface area contributed by atoms with Gasteiger partial charge < -0.3 is 0 Å². The minimum atomic E-state index is -0.168. The van der Waals surface area contributed by atoms with Gasteiger partial charge in [-0.25, -0.2) is 4.39 Å². The second-order valence-corrected chi connectivity index (χ2v) is 3.91. The van der Waals surface area contributed by atoms with Gasteiger partial charge in [0.2, 0.25) is 0 Å². The van der Waals surface area contributed by atoms with Gasteiger partial charge in [-0.3, -0.25) is 0 Å². The summed E-state index contributed by atoms with van der Waals surface area (Å²) in [6, 6.07) is 11.1. The highest BCUT2D eigenvalue weighted by atomic mass is 19.1. The Balaban J connectivity index is 0.00000112. The van der Waals surface area contributed by atoms with Gasteiger partial charge in [-0.05, 0) is 34.4 Å². The summed E-state index contributed by atoms with van der Waals surface area (Å²) in [5, 5.41) is 2.08. The SMILES string of the molecule is CC(C)c1ccc2ccc(F)cc2c1.[HH]. The summed E-state index contributed by atoms with van der Waals surface area (Å²) in [6.07, 6.45) is 0. The number of hydrogen-bond donors (Lipinski definition) is 0. The van der Waals surface area contributed by atoms with Crippen LogP contribution in [-0.2, 0) is 0 Å². The Labute approximate surface area is 84.9 Å². The second-order valence-electron chi connectivity index (χ2n) is 3.91. The van der Waals surface area contributed by atoms with Crippen molar-refractivity contribution in [1.82, 2.24) is 0 Å². The van der Waals surface area contributed by atoms with E-state index in [0.29, 0.717) is 5.92 Å². The Morgan fingerprint density at radius 1 is 1.00 bits per heavy atom. The molecule has 0 aliphatic heterocycles. The maximum absolute atomic E-state index is 13.0. The van der Waals surface area contributed by atoms with Crippen LogP contribution < -0.4 is 0 Å². The minimum absolute atomic E-state index is 0. The number of rotatable bonds is 1. The molecule has 0 radical (unpaired) electrons. The van der Waals surface area contributed by atoms with E-state index >= 15 is 0 Å². The highest BCUT2D eigenvalue weighted by Gasteiger charge is 2.01. The molecule has 74 valence electrons. The van der Waals surface area contributed by atoms with Crippen LogP contribution in [0.1, 0.15) is 26.8 Å². The Kier molecular flexibility index (Phi) is 2.24. The summed E-state index contributed by atoms with van der Waals surface area (Å²) in [5.41, 5.74) is 1.25. The molecule has 2 rings (SSSR count). The van der Waals surface area contributed by atoms with E-state index < -0.39 is 0 Å². The third-order valence-electron chi connectivity index (χ3n) is 2.49. The van der Waals surface area contributed by atoms with Crippen molar-refractivity contribution in [2.45, 2.75) is 19.8 Å². The topological polar surface area (TPSA) is 0 Å². The third kappa shape index (κ3) is 1.63. The van der Waals surface area contributed by atoms with Crippen molar-refractivity contribution < 1.29 is 5.82 Å². The molecule has 0 aliphatic carbocycles. The van der Waals surface area contributed by atoms with Crippen LogP contribution >= 0.6 is 0 Å². The molecule has 0 aliphatic rings. The van der Waals surface area contributed by atoms with E-state index in [0.717, 1.165) is 10.8 Å². The van der Waals surface area contributed by atoms with Crippen molar-refractivity contribution in [2.24, 2.45) is 0 Å². The lowest BCUT2D eigenvalue weighted by atomic mass is 9.99. The molecular weight excluding hydrogens is 175 g/mol. The first-order valence-corrected chi connectivity index (χ1v) is 4.86. The third-order valence-corrected chi connectivity index (χ3v) is 2.49. The number of halogens is 1. The van der Waals surface area contributed by atoms with E-state index in [1.807, 2.05) is 12.1 Å². The van der Waals surface area contributed by atoms with E-state index in [2.05, 4.69) is 26.0 Å². The number of fused-ring (bicyclic) bond motifs is 1. The van der Waals surface area contributed by atoms with Gasteiger partial charge >= 0.3 is 0 Å². The molecule has 0 atom stereocenters. The first-order valence-electron chi connectivity index (χ1n) is 4.86. The van der Waals surface area contributed by atoms with Crippen LogP contribution in [0.15, 0.2) is 36.4 Å². The Morgan fingerprint density at radius 2 is 1.71 bits per heavy atom. The standard InChI is InChI=1S/C13H13F.H2/c1-9(2)11-4-3-10-5-6-13(14)8-12(10)7-11;/h3-9H,1-2H3;1H. The predicted octanol–water partition coefficient (Wildman–Crippen LogP) is 4.35. The van der Waals surface area contributed by atoms with Gasteiger partial charge in [0.25, 0.3) is 0 Å². The zero-order valence-electron chi connectivity index (χ0n) is 8.42. The maximum Gasteiger partial charge on any atom is 0.123 e. The molecule has 0 aromatic heterocycles. The van der Waals surface area contributed by atoms with E-state index in [1.165, 1.54) is 11.6 Å². The van der Waals surface area contributed by atoms with Crippen LogP contribution in [0.5, 0.6) is 0 Å². The highest BCUT2D eigenvalue weighted by molar-refractivity contribution is 5.83. The molecule has 0 saturated carbocycles. The summed E-state index contributed by atoms with van der Waals surface area (Å²) in [6.45, 7) is 4.28. The highest BCUT2D eigenvalue weighted by Crippen LogP contribution is 2.21. The van der Waals surface area contributed by atoms with Gasteiger partial charge in [0.15, 0.2) is 0 Å². The molecule has 0 amide bonds. The molecule has 0 nitrogen and oxygen atoms in total. The van der Waals surface area contributed by atoms with E-state index in [4.69, 9.17) is 0 Å². The van der Waals surface area contributed by atoms with Gasteiger partial charge in [-0.2, -0.15) is 0 Å². The fourth-order valence-corrected chi connectivity index (χ4v) is 1.60. The largest absolute Gasteiger partial charge is 0.207 e. The Hall–Kier alpha value is -1.37. The van der Waals surface area contributed by atoms with Crippen molar-refractivity contribution in [3.05, 3.63) is 47.8 Å². The zero-order valence-corrected chi connectivity index (χ0v) is 8.42. The average molecular weight is 190 g/mol. The monoisotopic (exact) mass is 190 g/mol. The molecule has 0 saturated heterocycles. The summed E-state index contributed by atoms with van der Waals surface area (Å²) in [5.74, 6) is 0.320. The molecule has 0 unspecified atom stereocenters. The van der Waals surface area contributed by atoms with Crippen LogP contribution in [0, 0.1) is 5.82 Å². The van der Waals surface area contributed by atoms with Crippen molar-refractivity contribution >= 4 is 10.8 Å². The summed E-state index contributed by atoms with van der Waals surface area (Å²) in [7, 11) is 0. The zero-order chi connectivity index (χ0) is 10.1. The summed E-state index contributed by atoms with van der Waals surface area (Å²) in [4.78, 5) is 0. The molecule has 0 N–H and O–H groups in total. The number of benzene rings is 2. The Bertz CT molecular complexity index is 463. The smallest absolute Gasteiger partial charge is 0.123 e. The fourth-order valence-electron chi connectivity index (χ4n) is 1.60. The predicted molar refractivity (Wildman–Crippen MR) is 60.1 cm³/mol. The van der Waals surface area contributed by atoms with E-state index in [-0.39, 0.29) is 7.24 Å². The van der Waals surface area contributed by atoms with Gasteiger partial charge in [-0.1, -0.05) is 38.1 Å². The van der Waals surface area contributed by atoms with Gasteiger partial charge in [-0.15, -0.1) is 0 Å². The van der Waals surface area contributed by atoms with Crippen molar-refractivity contribution in [2.75, 3.05) is 0 Å². The Morgan fingerprint density at radius 3 is 2.43 bits per heavy atom. The molecule has 2 aromatic rings. The lowest BCUT2D eigenvalue weighted by Gasteiger charge is -2.06.